The van der Waals surface area contributed by atoms with Gasteiger partial charge < -0.3 is 14.5 Å². The van der Waals surface area contributed by atoms with Gasteiger partial charge in [0.25, 0.3) is 0 Å². The maximum absolute atomic E-state index is 12.4. The first-order valence-corrected chi connectivity index (χ1v) is 7.76. The summed E-state index contributed by atoms with van der Waals surface area (Å²) in [7, 11) is 5.35. The molecule has 0 atom stereocenters. The predicted molar refractivity (Wildman–Crippen MR) is 91.9 cm³/mol. The van der Waals surface area contributed by atoms with Gasteiger partial charge >= 0.3 is 5.97 Å². The first kappa shape index (κ1) is 18.9. The molecule has 1 rings (SSSR count). The van der Waals surface area contributed by atoms with Crippen LogP contribution in [0.25, 0.3) is 6.08 Å². The summed E-state index contributed by atoms with van der Waals surface area (Å²) in [5, 5.41) is 0. The van der Waals surface area contributed by atoms with Gasteiger partial charge in [0.15, 0.2) is 0 Å². The number of esters is 1. The lowest BCUT2D eigenvalue weighted by molar-refractivity contribution is -0.141. The lowest BCUT2D eigenvalue weighted by Gasteiger charge is -2.21. The van der Waals surface area contributed by atoms with Crippen LogP contribution in [-0.2, 0) is 14.3 Å². The van der Waals surface area contributed by atoms with Crippen molar-refractivity contribution in [1.29, 1.82) is 0 Å². The van der Waals surface area contributed by atoms with Crippen molar-refractivity contribution in [2.45, 2.75) is 12.8 Å². The Hall–Kier alpha value is -2.14. The van der Waals surface area contributed by atoms with Crippen LogP contribution in [-0.4, -0.2) is 62.5 Å². The molecule has 5 heteroatoms. The molecule has 0 aliphatic carbocycles. The number of rotatable bonds is 9. The smallest absolute Gasteiger partial charge is 0.307 e. The fraction of sp³-hybridized carbons (Fsp3) is 0.444. The second-order valence-electron chi connectivity index (χ2n) is 5.55. The van der Waals surface area contributed by atoms with E-state index >= 15 is 0 Å². The Balaban J connectivity index is 2.62. The van der Waals surface area contributed by atoms with Gasteiger partial charge in [-0.15, -0.1) is 0 Å². The van der Waals surface area contributed by atoms with Gasteiger partial charge in [-0.3, -0.25) is 9.59 Å². The van der Waals surface area contributed by atoms with Crippen molar-refractivity contribution in [1.82, 2.24) is 9.80 Å². The van der Waals surface area contributed by atoms with Crippen LogP contribution in [0.4, 0.5) is 0 Å². The summed E-state index contributed by atoms with van der Waals surface area (Å²) in [5.74, 6) is -0.390. The topological polar surface area (TPSA) is 49.9 Å². The molecule has 23 heavy (non-hydrogen) atoms. The number of hydrogen-bond acceptors (Lipinski definition) is 4. The summed E-state index contributed by atoms with van der Waals surface area (Å²) in [6, 6.07) is 9.67. The van der Waals surface area contributed by atoms with Gasteiger partial charge in [-0.25, -0.2) is 0 Å². The first-order chi connectivity index (χ1) is 11.0. The highest BCUT2D eigenvalue weighted by Crippen LogP contribution is 2.04. The highest BCUT2D eigenvalue weighted by Gasteiger charge is 2.12. The van der Waals surface area contributed by atoms with Crippen molar-refractivity contribution < 1.29 is 14.3 Å². The maximum atomic E-state index is 12.4. The standard InChI is InChI=1S/C18H26N2O3/c1-19(2)13-7-14-20(15-12-18(22)23-3)17(21)11-10-16-8-5-4-6-9-16/h4-6,8-11H,7,12-15H2,1-3H3/b11-10+. The van der Waals surface area contributed by atoms with Gasteiger partial charge in [0, 0.05) is 19.2 Å². The fourth-order valence-electron chi connectivity index (χ4n) is 2.08. The second kappa shape index (κ2) is 10.6. The number of carbonyl (C=O) groups is 2. The van der Waals surface area contributed by atoms with E-state index in [1.165, 1.54) is 7.11 Å². The van der Waals surface area contributed by atoms with Gasteiger partial charge in [-0.2, -0.15) is 0 Å². The molecule has 0 radical (unpaired) electrons. The van der Waals surface area contributed by atoms with E-state index in [9.17, 15) is 9.59 Å². The van der Waals surface area contributed by atoms with Crippen molar-refractivity contribution in [3.05, 3.63) is 42.0 Å². The van der Waals surface area contributed by atoms with Crippen LogP contribution >= 0.6 is 0 Å². The monoisotopic (exact) mass is 318 g/mol. The average Bonchev–Trinajstić information content (AvgIpc) is 2.56. The molecule has 1 amide bonds. The Morgan fingerprint density at radius 3 is 2.39 bits per heavy atom. The molecule has 0 heterocycles. The molecule has 126 valence electrons. The lowest BCUT2D eigenvalue weighted by Crippen LogP contribution is -2.34. The van der Waals surface area contributed by atoms with E-state index in [1.807, 2.05) is 44.4 Å². The van der Waals surface area contributed by atoms with Crippen LogP contribution in [0.15, 0.2) is 36.4 Å². The van der Waals surface area contributed by atoms with E-state index in [-0.39, 0.29) is 18.3 Å². The van der Waals surface area contributed by atoms with Crippen LogP contribution in [0.2, 0.25) is 0 Å². The summed E-state index contributed by atoms with van der Waals surface area (Å²) in [4.78, 5) is 27.4. The van der Waals surface area contributed by atoms with Crippen molar-refractivity contribution >= 4 is 18.0 Å². The zero-order valence-electron chi connectivity index (χ0n) is 14.2. The summed E-state index contributed by atoms with van der Waals surface area (Å²) in [6.07, 6.45) is 4.42. The van der Waals surface area contributed by atoms with E-state index in [4.69, 9.17) is 0 Å². The molecule has 0 saturated heterocycles. The molecule has 0 aromatic heterocycles. The molecule has 0 bridgehead atoms. The number of methoxy groups -OCH3 is 1. The zero-order chi connectivity index (χ0) is 17.1. The number of nitrogens with zero attached hydrogens (tertiary/aromatic N) is 2. The molecule has 0 saturated carbocycles. The third-order valence-corrected chi connectivity index (χ3v) is 3.38. The van der Waals surface area contributed by atoms with Gasteiger partial charge in [-0.05, 0) is 38.7 Å². The summed E-state index contributed by atoms with van der Waals surface area (Å²) in [6.45, 7) is 1.88. The molecule has 0 fully saturated rings. The molecule has 5 nitrogen and oxygen atoms in total. The van der Waals surface area contributed by atoms with Crippen LogP contribution < -0.4 is 0 Å². The Morgan fingerprint density at radius 1 is 1.09 bits per heavy atom. The Labute approximate surface area is 138 Å². The molecular weight excluding hydrogens is 292 g/mol. The van der Waals surface area contributed by atoms with Crippen molar-refractivity contribution in [3.8, 4) is 0 Å². The minimum absolute atomic E-state index is 0.0866. The fourth-order valence-corrected chi connectivity index (χ4v) is 2.08. The Morgan fingerprint density at radius 2 is 1.78 bits per heavy atom. The molecular formula is C18H26N2O3. The molecule has 0 unspecified atom stereocenters. The molecule has 0 aliphatic rings. The van der Waals surface area contributed by atoms with E-state index in [2.05, 4.69) is 9.64 Å². The number of amides is 1. The highest BCUT2D eigenvalue weighted by molar-refractivity contribution is 5.92. The zero-order valence-corrected chi connectivity index (χ0v) is 14.2. The van der Waals surface area contributed by atoms with Crippen LogP contribution in [0.1, 0.15) is 18.4 Å². The third-order valence-electron chi connectivity index (χ3n) is 3.38. The minimum Gasteiger partial charge on any atom is -0.469 e. The third kappa shape index (κ3) is 8.16. The normalized spacial score (nSPS) is 11.0. The predicted octanol–water partition coefficient (Wildman–Crippen LogP) is 2.04. The lowest BCUT2D eigenvalue weighted by atomic mass is 10.2. The second-order valence-corrected chi connectivity index (χ2v) is 5.55. The number of ether oxygens (including phenoxy) is 1. The molecule has 1 aromatic rings. The SMILES string of the molecule is COC(=O)CCN(CCCN(C)C)C(=O)/C=C/c1ccccc1. The van der Waals surface area contributed by atoms with E-state index < -0.39 is 0 Å². The molecule has 1 aromatic carbocycles. The van der Waals surface area contributed by atoms with Crippen LogP contribution in [0.5, 0.6) is 0 Å². The molecule has 0 aliphatic heterocycles. The number of carbonyl (C=O) groups excluding carboxylic acids is 2. The van der Waals surface area contributed by atoms with E-state index in [0.29, 0.717) is 13.1 Å². The van der Waals surface area contributed by atoms with Gasteiger partial charge in [0.05, 0.1) is 13.5 Å². The highest BCUT2D eigenvalue weighted by atomic mass is 16.5. The van der Waals surface area contributed by atoms with Crippen LogP contribution in [0, 0.1) is 0 Å². The maximum Gasteiger partial charge on any atom is 0.307 e. The van der Waals surface area contributed by atoms with Gasteiger partial charge in [0.2, 0.25) is 5.91 Å². The minimum atomic E-state index is -0.303. The molecule has 0 spiro atoms. The molecule has 0 N–H and O–H groups in total. The average molecular weight is 318 g/mol. The van der Waals surface area contributed by atoms with E-state index in [0.717, 1.165) is 18.5 Å². The van der Waals surface area contributed by atoms with Crippen molar-refractivity contribution in [3.63, 3.8) is 0 Å². The first-order valence-electron chi connectivity index (χ1n) is 7.76. The van der Waals surface area contributed by atoms with E-state index in [1.54, 1.807) is 17.1 Å². The van der Waals surface area contributed by atoms with Gasteiger partial charge in [-0.1, -0.05) is 30.3 Å². The van der Waals surface area contributed by atoms with Crippen molar-refractivity contribution in [2.75, 3.05) is 40.8 Å². The summed E-state index contributed by atoms with van der Waals surface area (Å²) in [5.41, 5.74) is 0.974. The van der Waals surface area contributed by atoms with Crippen molar-refractivity contribution in [2.24, 2.45) is 0 Å². The van der Waals surface area contributed by atoms with Gasteiger partial charge in [0.1, 0.15) is 0 Å². The largest absolute Gasteiger partial charge is 0.469 e. The Bertz CT molecular complexity index is 512. The quantitative estimate of drug-likeness (QED) is 0.516. The Kier molecular flexibility index (Phi) is 8.68. The number of hydrogen-bond donors (Lipinski definition) is 0. The van der Waals surface area contributed by atoms with Crippen LogP contribution in [0.3, 0.4) is 0 Å². The summed E-state index contributed by atoms with van der Waals surface area (Å²) < 4.78 is 4.65. The summed E-state index contributed by atoms with van der Waals surface area (Å²) >= 11 is 0. The number of benzene rings is 1.